The Labute approximate surface area is 178 Å². The molecule has 0 bridgehead atoms. The zero-order valence-electron chi connectivity index (χ0n) is 17.2. The Morgan fingerprint density at radius 3 is 2.67 bits per heavy atom. The van der Waals surface area contributed by atoms with Crippen molar-refractivity contribution in [2.24, 2.45) is 0 Å². The summed E-state index contributed by atoms with van der Waals surface area (Å²) >= 11 is 1.30. The van der Waals surface area contributed by atoms with E-state index in [2.05, 4.69) is 51.3 Å². The Balaban J connectivity index is 1.63. The molecule has 1 unspecified atom stereocenters. The maximum atomic E-state index is 12.6. The predicted molar refractivity (Wildman–Crippen MR) is 115 cm³/mol. The number of amides is 2. The van der Waals surface area contributed by atoms with Crippen LogP contribution in [0.2, 0.25) is 0 Å². The van der Waals surface area contributed by atoms with E-state index in [1.807, 2.05) is 6.08 Å². The van der Waals surface area contributed by atoms with Gasteiger partial charge in [-0.3, -0.25) is 9.59 Å². The van der Waals surface area contributed by atoms with Gasteiger partial charge in [0.2, 0.25) is 17.7 Å². The maximum Gasteiger partial charge on any atom is 0.249 e. The van der Waals surface area contributed by atoms with Crippen molar-refractivity contribution in [3.05, 3.63) is 47.1 Å². The molecule has 0 radical (unpaired) electrons. The molecule has 3 heterocycles. The normalized spacial score (nSPS) is 12.8. The summed E-state index contributed by atoms with van der Waals surface area (Å²) in [6.45, 7) is 7.53. The minimum absolute atomic E-state index is 0.109. The lowest BCUT2D eigenvalue weighted by molar-refractivity contribution is -0.125. The zero-order valence-corrected chi connectivity index (χ0v) is 18.0. The zero-order chi connectivity index (χ0) is 21.7. The van der Waals surface area contributed by atoms with E-state index >= 15 is 0 Å². The average Bonchev–Trinajstić information content (AvgIpc) is 3.40. The number of anilines is 1. The molecule has 0 saturated carbocycles. The highest BCUT2D eigenvalue weighted by molar-refractivity contribution is 7.16. The molecule has 3 rings (SSSR count). The SMILES string of the molecule is CC(=O)NC(Cc1cnc[nH]1)C(=O)Nc1ncc(/C=C/c2ncc(C(C)(C)C)o2)s1. The molecule has 0 aromatic carbocycles. The highest BCUT2D eigenvalue weighted by Gasteiger charge is 2.22. The summed E-state index contributed by atoms with van der Waals surface area (Å²) in [6, 6.07) is -0.742. The lowest BCUT2D eigenvalue weighted by Crippen LogP contribution is -2.44. The molecule has 10 heteroatoms. The van der Waals surface area contributed by atoms with Gasteiger partial charge >= 0.3 is 0 Å². The monoisotopic (exact) mass is 428 g/mol. The number of carbonyl (C=O) groups excluding carboxylic acids is 2. The molecule has 0 spiro atoms. The van der Waals surface area contributed by atoms with Crippen molar-refractivity contribution in [3.8, 4) is 0 Å². The minimum Gasteiger partial charge on any atom is -0.441 e. The highest BCUT2D eigenvalue weighted by Crippen LogP contribution is 2.24. The Bertz CT molecular complexity index is 1030. The van der Waals surface area contributed by atoms with Crippen LogP contribution >= 0.6 is 11.3 Å². The number of aromatic nitrogens is 4. The smallest absolute Gasteiger partial charge is 0.249 e. The third-order valence-corrected chi connectivity index (χ3v) is 4.96. The van der Waals surface area contributed by atoms with Crippen LogP contribution in [0.4, 0.5) is 5.13 Å². The fraction of sp³-hybridized carbons (Fsp3) is 0.350. The standard InChI is InChI=1S/C20H24N6O3S/c1-12(27)25-15(7-13-8-21-11-24-13)18(28)26-19-23-9-14(30-19)5-6-17-22-10-16(29-17)20(2,3)4/h5-6,8-11,15H,7H2,1-4H3,(H,21,24)(H,25,27)(H,23,26,28)/b6-5+. The van der Waals surface area contributed by atoms with Gasteiger partial charge in [-0.2, -0.15) is 0 Å². The predicted octanol–water partition coefficient (Wildman–Crippen LogP) is 3.01. The van der Waals surface area contributed by atoms with Crippen molar-refractivity contribution in [1.29, 1.82) is 0 Å². The second-order valence-electron chi connectivity index (χ2n) is 7.74. The minimum atomic E-state index is -0.742. The molecule has 3 N–H and O–H groups in total. The van der Waals surface area contributed by atoms with Gasteiger partial charge in [0.15, 0.2) is 5.13 Å². The molecule has 0 aliphatic carbocycles. The first-order valence-corrected chi connectivity index (χ1v) is 10.2. The quantitative estimate of drug-likeness (QED) is 0.531. The number of carbonyl (C=O) groups is 2. The molecule has 9 nitrogen and oxygen atoms in total. The van der Waals surface area contributed by atoms with Crippen molar-refractivity contribution in [1.82, 2.24) is 25.3 Å². The Kier molecular flexibility index (Phi) is 6.46. The summed E-state index contributed by atoms with van der Waals surface area (Å²) in [5.74, 6) is 0.662. The van der Waals surface area contributed by atoms with E-state index in [9.17, 15) is 9.59 Å². The Hall–Kier alpha value is -3.27. The second-order valence-corrected chi connectivity index (χ2v) is 8.80. The molecule has 2 amide bonds. The van der Waals surface area contributed by atoms with Crippen molar-refractivity contribution in [2.45, 2.75) is 45.6 Å². The van der Waals surface area contributed by atoms with Crippen LogP contribution in [0.15, 0.2) is 29.3 Å². The van der Waals surface area contributed by atoms with Crippen LogP contribution in [-0.4, -0.2) is 37.8 Å². The molecule has 30 heavy (non-hydrogen) atoms. The summed E-state index contributed by atoms with van der Waals surface area (Å²) < 4.78 is 5.73. The first-order valence-electron chi connectivity index (χ1n) is 9.36. The molecule has 0 aliphatic rings. The summed E-state index contributed by atoms with van der Waals surface area (Å²) in [7, 11) is 0. The molecule has 0 aliphatic heterocycles. The molecule has 1 atom stereocenters. The number of aromatic amines is 1. The first kappa shape index (κ1) is 21.4. The summed E-state index contributed by atoms with van der Waals surface area (Å²) in [4.78, 5) is 40.3. The van der Waals surface area contributed by atoms with Crippen molar-refractivity contribution in [2.75, 3.05) is 5.32 Å². The number of hydrogen-bond donors (Lipinski definition) is 3. The first-order chi connectivity index (χ1) is 14.2. The molecule has 0 fully saturated rings. The molecular formula is C20H24N6O3S. The van der Waals surface area contributed by atoms with Crippen LogP contribution in [0.1, 0.15) is 49.9 Å². The summed E-state index contributed by atoms with van der Waals surface area (Å²) in [5, 5.41) is 5.83. The van der Waals surface area contributed by atoms with E-state index < -0.39 is 6.04 Å². The topological polar surface area (TPSA) is 126 Å². The van der Waals surface area contributed by atoms with E-state index in [0.29, 0.717) is 17.4 Å². The van der Waals surface area contributed by atoms with E-state index in [4.69, 9.17) is 4.42 Å². The second kappa shape index (κ2) is 9.04. The van der Waals surface area contributed by atoms with Crippen LogP contribution in [0.25, 0.3) is 12.2 Å². The fourth-order valence-corrected chi connectivity index (χ4v) is 3.27. The van der Waals surface area contributed by atoms with Crippen molar-refractivity contribution in [3.63, 3.8) is 0 Å². The van der Waals surface area contributed by atoms with Gasteiger partial charge in [-0.25, -0.2) is 15.0 Å². The summed E-state index contributed by atoms with van der Waals surface area (Å²) in [5.41, 5.74) is 0.633. The van der Waals surface area contributed by atoms with Gasteiger partial charge in [0.25, 0.3) is 0 Å². The highest BCUT2D eigenvalue weighted by atomic mass is 32.1. The van der Waals surface area contributed by atoms with Gasteiger partial charge in [-0.05, 0) is 6.08 Å². The lowest BCUT2D eigenvalue weighted by Gasteiger charge is -2.15. The largest absolute Gasteiger partial charge is 0.441 e. The van der Waals surface area contributed by atoms with Gasteiger partial charge in [0.1, 0.15) is 11.8 Å². The third-order valence-electron chi connectivity index (χ3n) is 4.08. The van der Waals surface area contributed by atoms with Gasteiger partial charge in [-0.15, -0.1) is 0 Å². The number of hydrogen-bond acceptors (Lipinski definition) is 7. The number of imidazole rings is 1. The van der Waals surface area contributed by atoms with Crippen LogP contribution in [0, 0.1) is 0 Å². The van der Waals surface area contributed by atoms with E-state index in [-0.39, 0.29) is 17.2 Å². The van der Waals surface area contributed by atoms with Gasteiger partial charge < -0.3 is 20.0 Å². The van der Waals surface area contributed by atoms with Crippen LogP contribution in [0.3, 0.4) is 0 Å². The van der Waals surface area contributed by atoms with E-state index in [0.717, 1.165) is 16.3 Å². The molecular weight excluding hydrogens is 404 g/mol. The van der Waals surface area contributed by atoms with Gasteiger partial charge in [0.05, 0.1) is 12.5 Å². The van der Waals surface area contributed by atoms with Gasteiger partial charge in [0, 0.05) is 47.8 Å². The summed E-state index contributed by atoms with van der Waals surface area (Å²) in [6.07, 6.45) is 10.4. The fourth-order valence-electron chi connectivity index (χ4n) is 2.55. The number of nitrogens with one attached hydrogen (secondary N) is 3. The van der Waals surface area contributed by atoms with Gasteiger partial charge in [-0.1, -0.05) is 32.1 Å². The van der Waals surface area contributed by atoms with E-state index in [1.54, 1.807) is 24.7 Å². The molecule has 0 saturated heterocycles. The number of H-pyrrole nitrogens is 1. The number of nitrogens with zero attached hydrogens (tertiary/aromatic N) is 3. The average molecular weight is 429 g/mol. The van der Waals surface area contributed by atoms with Crippen LogP contribution < -0.4 is 10.6 Å². The van der Waals surface area contributed by atoms with Crippen LogP contribution in [0.5, 0.6) is 0 Å². The number of oxazole rings is 1. The Morgan fingerprint density at radius 1 is 1.23 bits per heavy atom. The van der Waals surface area contributed by atoms with Crippen LogP contribution in [-0.2, 0) is 21.4 Å². The van der Waals surface area contributed by atoms with E-state index in [1.165, 1.54) is 24.6 Å². The molecule has 3 aromatic rings. The van der Waals surface area contributed by atoms with Crippen molar-refractivity contribution < 1.29 is 14.0 Å². The third kappa shape index (κ3) is 5.86. The Morgan fingerprint density at radius 2 is 2.03 bits per heavy atom. The number of thiazole rings is 1. The van der Waals surface area contributed by atoms with Crippen molar-refractivity contribution >= 4 is 40.4 Å². The lowest BCUT2D eigenvalue weighted by atomic mass is 9.94. The maximum absolute atomic E-state index is 12.6. The number of rotatable bonds is 7. The molecule has 158 valence electrons. The molecule has 3 aromatic heterocycles.